The third-order valence-corrected chi connectivity index (χ3v) is 3.14. The van der Waals surface area contributed by atoms with E-state index < -0.39 is 0 Å². The van der Waals surface area contributed by atoms with Gasteiger partial charge in [-0.2, -0.15) is 0 Å². The SMILES string of the molecule is CCCCN(CCBr)CCc1ccccc1. The van der Waals surface area contributed by atoms with Crippen LogP contribution in [0, 0.1) is 0 Å². The lowest BCUT2D eigenvalue weighted by Gasteiger charge is -2.20. The lowest BCUT2D eigenvalue weighted by atomic mass is 10.1. The van der Waals surface area contributed by atoms with Crippen LogP contribution in [0.2, 0.25) is 0 Å². The Morgan fingerprint density at radius 1 is 1.06 bits per heavy atom. The number of hydrogen-bond donors (Lipinski definition) is 0. The summed E-state index contributed by atoms with van der Waals surface area (Å²) in [7, 11) is 0. The summed E-state index contributed by atoms with van der Waals surface area (Å²) in [6.45, 7) is 5.82. The maximum atomic E-state index is 3.53. The van der Waals surface area contributed by atoms with Crippen molar-refractivity contribution < 1.29 is 0 Å². The molecule has 1 rings (SSSR count). The van der Waals surface area contributed by atoms with Crippen molar-refractivity contribution in [2.75, 3.05) is 25.0 Å². The van der Waals surface area contributed by atoms with E-state index >= 15 is 0 Å². The summed E-state index contributed by atoms with van der Waals surface area (Å²) < 4.78 is 0. The minimum Gasteiger partial charge on any atom is -0.302 e. The molecule has 1 aromatic rings. The molecule has 0 amide bonds. The Morgan fingerprint density at radius 3 is 2.44 bits per heavy atom. The van der Waals surface area contributed by atoms with Crippen molar-refractivity contribution in [3.63, 3.8) is 0 Å². The van der Waals surface area contributed by atoms with Gasteiger partial charge in [-0.3, -0.25) is 0 Å². The van der Waals surface area contributed by atoms with Gasteiger partial charge in [-0.1, -0.05) is 59.6 Å². The minimum absolute atomic E-state index is 1.07. The normalized spacial score (nSPS) is 10.9. The topological polar surface area (TPSA) is 3.24 Å². The van der Waals surface area contributed by atoms with E-state index in [0.29, 0.717) is 0 Å². The Bertz CT molecular complexity index is 261. The van der Waals surface area contributed by atoms with Gasteiger partial charge >= 0.3 is 0 Å². The van der Waals surface area contributed by atoms with Gasteiger partial charge in [0.2, 0.25) is 0 Å². The van der Waals surface area contributed by atoms with Gasteiger partial charge in [0, 0.05) is 18.4 Å². The van der Waals surface area contributed by atoms with E-state index in [9.17, 15) is 0 Å². The van der Waals surface area contributed by atoms with E-state index in [-0.39, 0.29) is 0 Å². The molecule has 0 saturated heterocycles. The third-order valence-electron chi connectivity index (χ3n) is 2.79. The molecular weight excluding hydrogens is 262 g/mol. The molecule has 2 heteroatoms. The van der Waals surface area contributed by atoms with Crippen LogP contribution in [0.3, 0.4) is 0 Å². The van der Waals surface area contributed by atoms with Crippen LogP contribution in [0.5, 0.6) is 0 Å². The molecule has 0 spiro atoms. The van der Waals surface area contributed by atoms with E-state index in [2.05, 4.69) is 58.1 Å². The first-order chi connectivity index (χ1) is 7.86. The molecule has 1 nitrogen and oxygen atoms in total. The number of unbranched alkanes of at least 4 members (excludes halogenated alkanes) is 1. The Labute approximate surface area is 108 Å². The quantitative estimate of drug-likeness (QED) is 0.657. The molecule has 0 heterocycles. The zero-order chi connectivity index (χ0) is 11.6. The first-order valence-electron chi connectivity index (χ1n) is 6.19. The van der Waals surface area contributed by atoms with Gasteiger partial charge in [-0.25, -0.2) is 0 Å². The molecule has 0 aliphatic heterocycles. The average Bonchev–Trinajstić information content (AvgIpc) is 2.34. The average molecular weight is 284 g/mol. The summed E-state index contributed by atoms with van der Waals surface area (Å²) in [6.07, 6.45) is 3.75. The molecule has 0 fully saturated rings. The summed E-state index contributed by atoms with van der Waals surface area (Å²) in [6, 6.07) is 10.8. The van der Waals surface area contributed by atoms with Crippen LogP contribution >= 0.6 is 15.9 Å². The van der Waals surface area contributed by atoms with Crippen molar-refractivity contribution in [1.82, 2.24) is 4.90 Å². The highest BCUT2D eigenvalue weighted by molar-refractivity contribution is 9.09. The summed E-state index contributed by atoms with van der Waals surface area (Å²) >= 11 is 3.53. The molecule has 1 aromatic carbocycles. The summed E-state index contributed by atoms with van der Waals surface area (Å²) in [5.41, 5.74) is 1.44. The fourth-order valence-corrected chi connectivity index (χ4v) is 2.27. The lowest BCUT2D eigenvalue weighted by molar-refractivity contribution is 0.290. The highest BCUT2D eigenvalue weighted by Crippen LogP contribution is 2.03. The number of alkyl halides is 1. The molecule has 16 heavy (non-hydrogen) atoms. The van der Waals surface area contributed by atoms with E-state index in [1.807, 2.05) is 0 Å². The van der Waals surface area contributed by atoms with Gasteiger partial charge in [-0.15, -0.1) is 0 Å². The van der Waals surface area contributed by atoms with Crippen molar-refractivity contribution in [3.8, 4) is 0 Å². The number of halogens is 1. The molecular formula is C14H22BrN. The summed E-state index contributed by atoms with van der Waals surface area (Å²) in [5.74, 6) is 0. The van der Waals surface area contributed by atoms with E-state index in [1.54, 1.807) is 0 Å². The second-order valence-electron chi connectivity index (χ2n) is 4.12. The van der Waals surface area contributed by atoms with Gasteiger partial charge in [0.1, 0.15) is 0 Å². The van der Waals surface area contributed by atoms with Gasteiger partial charge in [0.15, 0.2) is 0 Å². The molecule has 0 radical (unpaired) electrons. The predicted molar refractivity (Wildman–Crippen MR) is 75.3 cm³/mol. The van der Waals surface area contributed by atoms with Crippen LogP contribution in [0.4, 0.5) is 0 Å². The molecule has 0 aromatic heterocycles. The summed E-state index contributed by atoms with van der Waals surface area (Å²) in [5, 5.41) is 1.07. The fraction of sp³-hybridized carbons (Fsp3) is 0.571. The fourth-order valence-electron chi connectivity index (χ4n) is 1.77. The van der Waals surface area contributed by atoms with E-state index in [1.165, 1.54) is 31.5 Å². The van der Waals surface area contributed by atoms with Crippen molar-refractivity contribution >= 4 is 15.9 Å². The standard InChI is InChI=1S/C14H22BrN/c1-2-3-11-16(13-10-15)12-9-14-7-5-4-6-8-14/h4-8H,2-3,9-13H2,1H3. The van der Waals surface area contributed by atoms with Crippen LogP contribution in [-0.4, -0.2) is 29.9 Å². The van der Waals surface area contributed by atoms with Crippen LogP contribution < -0.4 is 0 Å². The predicted octanol–water partition coefficient (Wildman–Crippen LogP) is 3.73. The molecule has 0 bridgehead atoms. The summed E-state index contributed by atoms with van der Waals surface area (Å²) in [4.78, 5) is 2.55. The maximum Gasteiger partial charge on any atom is 0.0159 e. The van der Waals surface area contributed by atoms with Crippen molar-refractivity contribution in [3.05, 3.63) is 35.9 Å². The number of benzene rings is 1. The molecule has 0 N–H and O–H groups in total. The first-order valence-corrected chi connectivity index (χ1v) is 7.31. The Balaban J connectivity index is 2.31. The number of nitrogens with zero attached hydrogens (tertiary/aromatic N) is 1. The van der Waals surface area contributed by atoms with Crippen LogP contribution in [-0.2, 0) is 6.42 Å². The smallest absolute Gasteiger partial charge is 0.0159 e. The van der Waals surface area contributed by atoms with Crippen molar-refractivity contribution in [2.45, 2.75) is 26.2 Å². The van der Waals surface area contributed by atoms with Gasteiger partial charge < -0.3 is 4.90 Å². The van der Waals surface area contributed by atoms with Crippen molar-refractivity contribution in [2.24, 2.45) is 0 Å². The molecule has 90 valence electrons. The zero-order valence-electron chi connectivity index (χ0n) is 10.2. The zero-order valence-corrected chi connectivity index (χ0v) is 11.7. The number of rotatable bonds is 8. The molecule has 0 saturated carbocycles. The van der Waals surface area contributed by atoms with E-state index in [4.69, 9.17) is 0 Å². The minimum atomic E-state index is 1.07. The monoisotopic (exact) mass is 283 g/mol. The highest BCUT2D eigenvalue weighted by Gasteiger charge is 2.03. The van der Waals surface area contributed by atoms with Crippen LogP contribution in [0.1, 0.15) is 25.3 Å². The largest absolute Gasteiger partial charge is 0.302 e. The van der Waals surface area contributed by atoms with Gasteiger partial charge in [-0.05, 0) is 24.9 Å². The van der Waals surface area contributed by atoms with Crippen LogP contribution in [0.15, 0.2) is 30.3 Å². The maximum absolute atomic E-state index is 3.53. The molecule has 0 aliphatic rings. The molecule has 0 aliphatic carbocycles. The first kappa shape index (κ1) is 13.7. The Morgan fingerprint density at radius 2 is 1.81 bits per heavy atom. The van der Waals surface area contributed by atoms with Crippen LogP contribution in [0.25, 0.3) is 0 Å². The molecule has 0 unspecified atom stereocenters. The lowest BCUT2D eigenvalue weighted by Crippen LogP contribution is -2.29. The van der Waals surface area contributed by atoms with E-state index in [0.717, 1.165) is 18.3 Å². The van der Waals surface area contributed by atoms with Gasteiger partial charge in [0.05, 0.1) is 0 Å². The molecule has 0 atom stereocenters. The Kier molecular flexibility index (Phi) is 7.52. The second kappa shape index (κ2) is 8.77. The Hall–Kier alpha value is -0.340. The third kappa shape index (κ3) is 5.66. The van der Waals surface area contributed by atoms with Gasteiger partial charge in [0.25, 0.3) is 0 Å². The van der Waals surface area contributed by atoms with Crippen molar-refractivity contribution in [1.29, 1.82) is 0 Å². The second-order valence-corrected chi connectivity index (χ2v) is 4.91. The highest BCUT2D eigenvalue weighted by atomic mass is 79.9. The number of hydrogen-bond acceptors (Lipinski definition) is 1.